The summed E-state index contributed by atoms with van der Waals surface area (Å²) in [6, 6.07) is -0.0567. The summed E-state index contributed by atoms with van der Waals surface area (Å²) in [5, 5.41) is 15.8. The van der Waals surface area contributed by atoms with Crippen molar-refractivity contribution in [2.24, 2.45) is 7.05 Å². The van der Waals surface area contributed by atoms with E-state index >= 15 is 0 Å². The zero-order valence-corrected chi connectivity index (χ0v) is 10.9. The first-order chi connectivity index (χ1) is 9.22. The molecule has 0 bridgehead atoms. The van der Waals surface area contributed by atoms with E-state index in [-0.39, 0.29) is 6.04 Å². The van der Waals surface area contributed by atoms with Gasteiger partial charge in [-0.2, -0.15) is 9.78 Å². The predicted molar refractivity (Wildman–Crippen MR) is 61.8 cm³/mol. The lowest BCUT2D eigenvalue weighted by Crippen LogP contribution is -2.39. The second-order valence-electron chi connectivity index (χ2n) is 4.44. The summed E-state index contributed by atoms with van der Waals surface area (Å²) >= 11 is 0. The molecule has 1 unspecified atom stereocenters. The molecule has 0 spiro atoms. The Labute approximate surface area is 109 Å². The normalized spacial score (nSPS) is 20.8. The highest BCUT2D eigenvalue weighted by Gasteiger charge is 2.30. The van der Waals surface area contributed by atoms with Crippen molar-refractivity contribution in [3.63, 3.8) is 0 Å². The van der Waals surface area contributed by atoms with Crippen LogP contribution in [-0.4, -0.2) is 55.0 Å². The van der Waals surface area contributed by atoms with E-state index in [9.17, 15) is 0 Å². The molecular formula is C10H15N7O2. The zero-order valence-electron chi connectivity index (χ0n) is 10.9. The summed E-state index contributed by atoms with van der Waals surface area (Å²) in [6.07, 6.45) is 0. The molecule has 19 heavy (non-hydrogen) atoms. The first kappa shape index (κ1) is 12.2. The number of aryl methyl sites for hydroxylation is 2. The predicted octanol–water partition coefficient (Wildman–Crippen LogP) is -0.525. The Balaban J connectivity index is 1.77. The molecule has 2 aromatic rings. The summed E-state index contributed by atoms with van der Waals surface area (Å²) in [6.45, 7) is 4.35. The standard InChI is InChI=1S/C10H15N7O2/c1-7-11-10(19-14-7)8-6-18-4-3-17(8)5-9-12-15-16(2)13-9/h8H,3-6H2,1-2H3. The van der Waals surface area contributed by atoms with Crippen LogP contribution in [-0.2, 0) is 18.3 Å². The van der Waals surface area contributed by atoms with Crippen molar-refractivity contribution < 1.29 is 9.26 Å². The van der Waals surface area contributed by atoms with E-state index in [1.54, 1.807) is 14.0 Å². The molecule has 0 radical (unpaired) electrons. The van der Waals surface area contributed by atoms with Gasteiger partial charge in [0.25, 0.3) is 0 Å². The van der Waals surface area contributed by atoms with Crippen molar-refractivity contribution in [2.45, 2.75) is 19.5 Å². The van der Waals surface area contributed by atoms with Crippen LogP contribution in [0.15, 0.2) is 4.52 Å². The molecule has 1 aliphatic rings. The Morgan fingerprint density at radius 1 is 1.42 bits per heavy atom. The summed E-state index contributed by atoms with van der Waals surface area (Å²) < 4.78 is 10.7. The number of rotatable bonds is 3. The molecule has 2 aromatic heterocycles. The van der Waals surface area contributed by atoms with Gasteiger partial charge in [-0.25, -0.2) is 0 Å². The Hall–Kier alpha value is -1.87. The molecule has 9 heteroatoms. The second-order valence-corrected chi connectivity index (χ2v) is 4.44. The third-order valence-electron chi connectivity index (χ3n) is 2.96. The molecule has 0 N–H and O–H groups in total. The van der Waals surface area contributed by atoms with Crippen LogP contribution in [0, 0.1) is 6.92 Å². The molecule has 0 saturated carbocycles. The fourth-order valence-electron chi connectivity index (χ4n) is 2.07. The van der Waals surface area contributed by atoms with Crippen LogP contribution in [0.25, 0.3) is 0 Å². The third-order valence-corrected chi connectivity index (χ3v) is 2.96. The van der Waals surface area contributed by atoms with Gasteiger partial charge in [-0.1, -0.05) is 5.16 Å². The Morgan fingerprint density at radius 2 is 2.32 bits per heavy atom. The van der Waals surface area contributed by atoms with Crippen LogP contribution >= 0.6 is 0 Å². The van der Waals surface area contributed by atoms with E-state index in [0.29, 0.717) is 37.3 Å². The van der Waals surface area contributed by atoms with E-state index in [1.807, 2.05) is 0 Å². The molecule has 3 rings (SSSR count). The quantitative estimate of drug-likeness (QED) is 0.731. The van der Waals surface area contributed by atoms with Gasteiger partial charge in [0, 0.05) is 6.54 Å². The van der Waals surface area contributed by atoms with E-state index in [0.717, 1.165) is 6.54 Å². The maximum absolute atomic E-state index is 5.49. The average Bonchev–Trinajstić information content (AvgIpc) is 2.99. The van der Waals surface area contributed by atoms with Crippen molar-refractivity contribution >= 4 is 0 Å². The number of hydrogen-bond donors (Lipinski definition) is 0. The lowest BCUT2D eigenvalue weighted by molar-refractivity contribution is -0.0252. The van der Waals surface area contributed by atoms with E-state index < -0.39 is 0 Å². The van der Waals surface area contributed by atoms with Gasteiger partial charge in [-0.05, 0) is 12.1 Å². The van der Waals surface area contributed by atoms with Crippen LogP contribution in [0.2, 0.25) is 0 Å². The van der Waals surface area contributed by atoms with Gasteiger partial charge in [0.05, 0.1) is 26.8 Å². The van der Waals surface area contributed by atoms with Crippen LogP contribution in [0.3, 0.4) is 0 Å². The maximum atomic E-state index is 5.49. The first-order valence-corrected chi connectivity index (χ1v) is 6.07. The van der Waals surface area contributed by atoms with Gasteiger partial charge in [0.1, 0.15) is 6.04 Å². The number of ether oxygens (including phenoxy) is 1. The Morgan fingerprint density at radius 3 is 3.00 bits per heavy atom. The van der Waals surface area contributed by atoms with Crippen molar-refractivity contribution in [2.75, 3.05) is 19.8 Å². The van der Waals surface area contributed by atoms with E-state index in [1.165, 1.54) is 4.80 Å². The molecule has 102 valence electrons. The molecule has 3 heterocycles. The highest BCUT2D eigenvalue weighted by molar-refractivity contribution is 4.95. The van der Waals surface area contributed by atoms with Gasteiger partial charge in [-0.3, -0.25) is 4.90 Å². The van der Waals surface area contributed by atoms with E-state index in [4.69, 9.17) is 9.26 Å². The van der Waals surface area contributed by atoms with Gasteiger partial charge in [-0.15, -0.1) is 10.2 Å². The van der Waals surface area contributed by atoms with Crippen LogP contribution in [0.1, 0.15) is 23.6 Å². The minimum atomic E-state index is -0.0567. The largest absolute Gasteiger partial charge is 0.378 e. The summed E-state index contributed by atoms with van der Waals surface area (Å²) in [7, 11) is 1.74. The summed E-state index contributed by atoms with van der Waals surface area (Å²) in [5.74, 6) is 1.87. The van der Waals surface area contributed by atoms with Gasteiger partial charge < -0.3 is 9.26 Å². The van der Waals surface area contributed by atoms with Crippen LogP contribution in [0.5, 0.6) is 0 Å². The number of hydrogen-bond acceptors (Lipinski definition) is 8. The highest BCUT2D eigenvalue weighted by atomic mass is 16.5. The number of morpholine rings is 1. The summed E-state index contributed by atoms with van der Waals surface area (Å²) in [4.78, 5) is 7.88. The number of aromatic nitrogens is 6. The number of nitrogens with zero attached hydrogens (tertiary/aromatic N) is 7. The van der Waals surface area contributed by atoms with Crippen molar-refractivity contribution in [1.29, 1.82) is 0 Å². The van der Waals surface area contributed by atoms with Gasteiger partial charge >= 0.3 is 0 Å². The molecule has 1 saturated heterocycles. The highest BCUT2D eigenvalue weighted by Crippen LogP contribution is 2.23. The SMILES string of the molecule is Cc1noc(C2COCCN2Cc2nnn(C)n2)n1. The van der Waals surface area contributed by atoms with Crippen molar-refractivity contribution in [3.8, 4) is 0 Å². The fourth-order valence-corrected chi connectivity index (χ4v) is 2.07. The van der Waals surface area contributed by atoms with Crippen LogP contribution in [0.4, 0.5) is 0 Å². The molecule has 1 aliphatic heterocycles. The van der Waals surface area contributed by atoms with Crippen LogP contribution < -0.4 is 0 Å². The second kappa shape index (κ2) is 5.02. The molecule has 0 aliphatic carbocycles. The lowest BCUT2D eigenvalue weighted by atomic mass is 10.2. The smallest absolute Gasteiger partial charge is 0.246 e. The molecule has 0 amide bonds. The molecular weight excluding hydrogens is 250 g/mol. The van der Waals surface area contributed by atoms with E-state index in [2.05, 4.69) is 30.5 Å². The first-order valence-electron chi connectivity index (χ1n) is 6.07. The Kier molecular flexibility index (Phi) is 3.22. The Bertz CT molecular complexity index is 552. The molecule has 1 fully saturated rings. The van der Waals surface area contributed by atoms with Gasteiger partial charge in [0.15, 0.2) is 11.6 Å². The maximum Gasteiger partial charge on any atom is 0.246 e. The minimum Gasteiger partial charge on any atom is -0.378 e. The lowest BCUT2D eigenvalue weighted by Gasteiger charge is -2.32. The van der Waals surface area contributed by atoms with Gasteiger partial charge in [0.2, 0.25) is 5.89 Å². The fraction of sp³-hybridized carbons (Fsp3) is 0.700. The number of tetrazole rings is 1. The topological polar surface area (TPSA) is 95.0 Å². The van der Waals surface area contributed by atoms with Crippen molar-refractivity contribution in [3.05, 3.63) is 17.5 Å². The third kappa shape index (κ3) is 2.61. The summed E-state index contributed by atoms with van der Waals surface area (Å²) in [5.41, 5.74) is 0. The minimum absolute atomic E-state index is 0.0567. The molecule has 0 aromatic carbocycles. The monoisotopic (exact) mass is 265 g/mol. The zero-order chi connectivity index (χ0) is 13.2. The average molecular weight is 265 g/mol. The molecule has 1 atom stereocenters. The van der Waals surface area contributed by atoms with Crippen molar-refractivity contribution in [1.82, 2.24) is 35.2 Å². The molecule has 9 nitrogen and oxygen atoms in total.